The molecule has 0 radical (unpaired) electrons. The number of aromatic amines is 2. The van der Waals surface area contributed by atoms with Crippen LogP contribution in [0.2, 0.25) is 0 Å². The lowest BCUT2D eigenvalue weighted by Gasteiger charge is -1.99. The van der Waals surface area contributed by atoms with Crippen LogP contribution in [-0.4, -0.2) is 19.7 Å². The van der Waals surface area contributed by atoms with E-state index in [0.29, 0.717) is 5.56 Å². The fraction of sp³-hybridized carbons (Fsp3) is 0. The summed E-state index contributed by atoms with van der Waals surface area (Å²) in [7, 11) is 0. The van der Waals surface area contributed by atoms with Crippen molar-refractivity contribution < 1.29 is 0 Å². The van der Waals surface area contributed by atoms with Gasteiger partial charge in [0.2, 0.25) is 0 Å². The SMILES string of the molecule is O=c1c(-c2cc3cnccc3[nH]2)c[nH]n1-c1ccccc1. The van der Waals surface area contributed by atoms with Crippen molar-refractivity contribution in [2.75, 3.05) is 0 Å². The molecule has 0 aliphatic carbocycles. The lowest BCUT2D eigenvalue weighted by Crippen LogP contribution is -2.15. The molecule has 0 amide bonds. The number of hydrogen-bond donors (Lipinski definition) is 2. The fourth-order valence-corrected chi connectivity index (χ4v) is 2.45. The van der Waals surface area contributed by atoms with Crippen LogP contribution < -0.4 is 5.56 Å². The van der Waals surface area contributed by atoms with Gasteiger partial charge >= 0.3 is 0 Å². The standard InChI is InChI=1S/C16H12N4O/c21-16-13(10-18-20(16)12-4-2-1-3-5-12)15-8-11-9-17-7-6-14(11)19-15/h1-10,18-19H. The summed E-state index contributed by atoms with van der Waals surface area (Å²) in [5, 5.41) is 3.99. The Morgan fingerprint density at radius 3 is 2.76 bits per heavy atom. The molecular weight excluding hydrogens is 264 g/mol. The summed E-state index contributed by atoms with van der Waals surface area (Å²) in [5.41, 5.74) is 3.09. The number of nitrogens with one attached hydrogen (secondary N) is 2. The van der Waals surface area contributed by atoms with Crippen LogP contribution in [-0.2, 0) is 0 Å². The molecule has 1 aromatic carbocycles. The van der Waals surface area contributed by atoms with Crippen LogP contribution in [0.1, 0.15) is 0 Å². The van der Waals surface area contributed by atoms with Crippen molar-refractivity contribution in [2.45, 2.75) is 0 Å². The highest BCUT2D eigenvalue weighted by Crippen LogP contribution is 2.21. The van der Waals surface area contributed by atoms with Crippen LogP contribution in [0.25, 0.3) is 27.8 Å². The van der Waals surface area contributed by atoms with E-state index in [2.05, 4.69) is 15.1 Å². The first-order chi connectivity index (χ1) is 10.3. The smallest absolute Gasteiger partial charge is 0.280 e. The van der Waals surface area contributed by atoms with E-state index in [1.54, 1.807) is 18.6 Å². The molecule has 4 aromatic rings. The Hall–Kier alpha value is -3.08. The van der Waals surface area contributed by atoms with E-state index in [0.717, 1.165) is 22.3 Å². The molecule has 0 saturated heterocycles. The van der Waals surface area contributed by atoms with Gasteiger partial charge in [0.05, 0.1) is 16.9 Å². The summed E-state index contributed by atoms with van der Waals surface area (Å²) >= 11 is 0. The van der Waals surface area contributed by atoms with Crippen molar-refractivity contribution in [1.82, 2.24) is 19.7 Å². The molecule has 0 aliphatic heterocycles. The van der Waals surface area contributed by atoms with Crippen LogP contribution in [0, 0.1) is 0 Å². The maximum atomic E-state index is 12.5. The Labute approximate surface area is 119 Å². The minimum Gasteiger partial charge on any atom is -0.354 e. The van der Waals surface area contributed by atoms with Crippen molar-refractivity contribution in [3.8, 4) is 16.9 Å². The molecule has 3 heterocycles. The molecule has 0 bridgehead atoms. The average molecular weight is 276 g/mol. The van der Waals surface area contributed by atoms with Gasteiger partial charge in [-0.25, -0.2) is 4.68 Å². The Morgan fingerprint density at radius 1 is 1.10 bits per heavy atom. The third kappa shape index (κ3) is 1.87. The van der Waals surface area contributed by atoms with Gasteiger partial charge in [-0.05, 0) is 24.3 Å². The second-order valence-electron chi connectivity index (χ2n) is 4.81. The predicted octanol–water partition coefficient (Wildman–Crippen LogP) is 2.71. The summed E-state index contributed by atoms with van der Waals surface area (Å²) in [4.78, 5) is 19.9. The molecule has 2 N–H and O–H groups in total. The highest BCUT2D eigenvalue weighted by Gasteiger charge is 2.11. The number of pyridine rings is 1. The monoisotopic (exact) mass is 276 g/mol. The molecule has 0 aliphatic rings. The van der Waals surface area contributed by atoms with Crippen molar-refractivity contribution >= 4 is 10.9 Å². The molecule has 0 spiro atoms. The summed E-state index contributed by atoms with van der Waals surface area (Å²) < 4.78 is 1.53. The number of hydrogen-bond acceptors (Lipinski definition) is 2. The van der Waals surface area contributed by atoms with Gasteiger partial charge in [-0.2, -0.15) is 0 Å². The van der Waals surface area contributed by atoms with Crippen molar-refractivity contribution in [1.29, 1.82) is 0 Å². The van der Waals surface area contributed by atoms with Gasteiger partial charge in [-0.1, -0.05) is 18.2 Å². The van der Waals surface area contributed by atoms with E-state index in [1.165, 1.54) is 4.68 Å². The molecular formula is C16H12N4O. The number of H-pyrrole nitrogens is 2. The van der Waals surface area contributed by atoms with Crippen LogP contribution in [0.5, 0.6) is 0 Å². The maximum Gasteiger partial charge on any atom is 0.280 e. The van der Waals surface area contributed by atoms with Gasteiger partial charge in [-0.3, -0.25) is 14.9 Å². The zero-order valence-electron chi connectivity index (χ0n) is 11.1. The number of para-hydroxylation sites is 1. The van der Waals surface area contributed by atoms with Crippen molar-refractivity contribution in [3.63, 3.8) is 0 Å². The van der Waals surface area contributed by atoms with E-state index in [9.17, 15) is 4.79 Å². The summed E-state index contributed by atoms with van der Waals surface area (Å²) in [5.74, 6) is 0. The van der Waals surface area contributed by atoms with E-state index in [-0.39, 0.29) is 5.56 Å². The summed E-state index contributed by atoms with van der Waals surface area (Å²) in [6.07, 6.45) is 5.22. The first-order valence-electron chi connectivity index (χ1n) is 6.62. The van der Waals surface area contributed by atoms with E-state index in [1.807, 2.05) is 42.5 Å². The van der Waals surface area contributed by atoms with Crippen LogP contribution >= 0.6 is 0 Å². The maximum absolute atomic E-state index is 12.5. The molecule has 102 valence electrons. The molecule has 0 fully saturated rings. The average Bonchev–Trinajstić information content (AvgIpc) is 3.11. The van der Waals surface area contributed by atoms with Crippen LogP contribution in [0.3, 0.4) is 0 Å². The third-order valence-electron chi connectivity index (χ3n) is 3.50. The number of nitrogens with zero attached hydrogens (tertiary/aromatic N) is 2. The largest absolute Gasteiger partial charge is 0.354 e. The minimum atomic E-state index is -0.0827. The molecule has 0 unspecified atom stereocenters. The quantitative estimate of drug-likeness (QED) is 0.591. The van der Waals surface area contributed by atoms with Gasteiger partial charge in [0.1, 0.15) is 0 Å². The van der Waals surface area contributed by atoms with Gasteiger partial charge in [0, 0.05) is 29.5 Å². The van der Waals surface area contributed by atoms with Crippen LogP contribution in [0.4, 0.5) is 0 Å². The Kier molecular flexibility index (Phi) is 2.50. The minimum absolute atomic E-state index is 0.0827. The second kappa shape index (κ2) is 4.49. The van der Waals surface area contributed by atoms with Gasteiger partial charge in [0.15, 0.2) is 0 Å². The third-order valence-corrected chi connectivity index (χ3v) is 3.50. The highest BCUT2D eigenvalue weighted by atomic mass is 16.1. The van der Waals surface area contributed by atoms with E-state index < -0.39 is 0 Å². The second-order valence-corrected chi connectivity index (χ2v) is 4.81. The fourth-order valence-electron chi connectivity index (χ4n) is 2.45. The molecule has 3 aromatic heterocycles. The number of aromatic nitrogens is 4. The predicted molar refractivity (Wildman–Crippen MR) is 81.5 cm³/mol. The van der Waals surface area contributed by atoms with Gasteiger partial charge in [0.25, 0.3) is 5.56 Å². The Balaban J connectivity index is 1.87. The number of rotatable bonds is 2. The molecule has 0 atom stereocenters. The first kappa shape index (κ1) is 11.7. The Morgan fingerprint density at radius 2 is 1.95 bits per heavy atom. The lowest BCUT2D eigenvalue weighted by atomic mass is 10.2. The first-order valence-corrected chi connectivity index (χ1v) is 6.62. The van der Waals surface area contributed by atoms with E-state index in [4.69, 9.17) is 0 Å². The number of benzene rings is 1. The Bertz CT molecular complexity index is 930. The topological polar surface area (TPSA) is 66.5 Å². The summed E-state index contributed by atoms with van der Waals surface area (Å²) in [6.45, 7) is 0. The van der Waals surface area contributed by atoms with Gasteiger partial charge in [-0.15, -0.1) is 0 Å². The molecule has 5 nitrogen and oxygen atoms in total. The normalized spacial score (nSPS) is 11.0. The molecule has 0 saturated carbocycles. The van der Waals surface area contributed by atoms with Crippen molar-refractivity contribution in [2.24, 2.45) is 0 Å². The van der Waals surface area contributed by atoms with Gasteiger partial charge < -0.3 is 4.98 Å². The number of fused-ring (bicyclic) bond motifs is 1. The molecule has 21 heavy (non-hydrogen) atoms. The molecule has 4 rings (SSSR count). The highest BCUT2D eigenvalue weighted by molar-refractivity contribution is 5.84. The lowest BCUT2D eigenvalue weighted by molar-refractivity contribution is 0.849. The molecule has 5 heteroatoms. The zero-order chi connectivity index (χ0) is 14.2. The summed E-state index contributed by atoms with van der Waals surface area (Å²) in [6, 6.07) is 13.3. The van der Waals surface area contributed by atoms with E-state index >= 15 is 0 Å². The van der Waals surface area contributed by atoms with Crippen molar-refractivity contribution in [3.05, 3.63) is 71.4 Å². The zero-order valence-corrected chi connectivity index (χ0v) is 11.1. The van der Waals surface area contributed by atoms with Crippen LogP contribution in [0.15, 0.2) is 65.8 Å².